The second kappa shape index (κ2) is 6.23. The van der Waals surface area contributed by atoms with Crippen LogP contribution in [0.5, 0.6) is 0 Å². The summed E-state index contributed by atoms with van der Waals surface area (Å²) in [5.74, 6) is -0.566. The standard InChI is InChI=1S/C13H22N2O4/c16-8-5-10-3-1-6-14(9-10)13(19)15-7-2-4-11(15)12(17)18/h10-11,16H,1-9H2,(H,17,18)/t10?,11-/m1/s1. The number of hydrogen-bond donors (Lipinski definition) is 2. The molecule has 108 valence electrons. The lowest BCUT2D eigenvalue weighted by Crippen LogP contribution is -2.51. The van der Waals surface area contributed by atoms with Gasteiger partial charge in [-0.2, -0.15) is 0 Å². The van der Waals surface area contributed by atoms with E-state index in [2.05, 4.69) is 0 Å². The largest absolute Gasteiger partial charge is 0.480 e. The molecule has 0 aromatic heterocycles. The maximum Gasteiger partial charge on any atom is 0.326 e. The third-order valence-corrected chi connectivity index (χ3v) is 4.11. The first kappa shape index (κ1) is 14.1. The molecule has 0 aromatic carbocycles. The maximum absolute atomic E-state index is 12.4. The SMILES string of the molecule is O=C(O)[C@H]1CCCN1C(=O)N1CCCC(CCO)C1. The van der Waals surface area contributed by atoms with E-state index >= 15 is 0 Å². The van der Waals surface area contributed by atoms with Crippen LogP contribution in [0.2, 0.25) is 0 Å². The van der Waals surface area contributed by atoms with Gasteiger partial charge in [0.1, 0.15) is 6.04 Å². The van der Waals surface area contributed by atoms with Crippen LogP contribution in [0.4, 0.5) is 4.79 Å². The van der Waals surface area contributed by atoms with Crippen LogP contribution in [0.25, 0.3) is 0 Å². The molecule has 0 radical (unpaired) electrons. The summed E-state index contributed by atoms with van der Waals surface area (Å²) in [5.41, 5.74) is 0. The number of aliphatic hydroxyl groups is 1. The molecular formula is C13H22N2O4. The van der Waals surface area contributed by atoms with Gasteiger partial charge in [0.2, 0.25) is 0 Å². The van der Waals surface area contributed by atoms with Gasteiger partial charge in [-0.05, 0) is 38.0 Å². The first-order valence-electron chi connectivity index (χ1n) is 7.02. The van der Waals surface area contributed by atoms with Crippen molar-refractivity contribution in [1.29, 1.82) is 0 Å². The number of urea groups is 1. The molecule has 0 saturated carbocycles. The summed E-state index contributed by atoms with van der Waals surface area (Å²) < 4.78 is 0. The Morgan fingerprint density at radius 3 is 2.58 bits per heavy atom. The molecule has 2 atom stereocenters. The zero-order valence-corrected chi connectivity index (χ0v) is 11.1. The van der Waals surface area contributed by atoms with Gasteiger partial charge >= 0.3 is 12.0 Å². The molecule has 2 amide bonds. The average Bonchev–Trinajstić information content (AvgIpc) is 2.88. The number of aliphatic hydroxyl groups excluding tert-OH is 1. The van der Waals surface area contributed by atoms with Crippen LogP contribution in [0.3, 0.4) is 0 Å². The first-order chi connectivity index (χ1) is 9.13. The molecule has 0 spiro atoms. The highest BCUT2D eigenvalue weighted by Gasteiger charge is 2.37. The van der Waals surface area contributed by atoms with Crippen LogP contribution < -0.4 is 0 Å². The fraction of sp³-hybridized carbons (Fsp3) is 0.846. The molecule has 6 heteroatoms. The average molecular weight is 270 g/mol. The van der Waals surface area contributed by atoms with Crippen molar-refractivity contribution in [2.45, 2.75) is 38.1 Å². The van der Waals surface area contributed by atoms with Crippen LogP contribution in [-0.4, -0.2) is 64.3 Å². The Kier molecular flexibility index (Phi) is 4.63. The van der Waals surface area contributed by atoms with Gasteiger partial charge in [0, 0.05) is 26.2 Å². The quantitative estimate of drug-likeness (QED) is 0.793. The highest BCUT2D eigenvalue weighted by molar-refractivity contribution is 5.83. The number of piperidine rings is 1. The molecular weight excluding hydrogens is 248 g/mol. The number of amides is 2. The van der Waals surface area contributed by atoms with Gasteiger partial charge in [0.05, 0.1) is 0 Å². The van der Waals surface area contributed by atoms with Crippen molar-refractivity contribution >= 4 is 12.0 Å². The molecule has 2 heterocycles. The van der Waals surface area contributed by atoms with Crippen molar-refractivity contribution in [1.82, 2.24) is 9.80 Å². The van der Waals surface area contributed by atoms with Crippen LogP contribution in [0.1, 0.15) is 32.1 Å². The lowest BCUT2D eigenvalue weighted by atomic mass is 9.95. The molecule has 0 bridgehead atoms. The van der Waals surface area contributed by atoms with Crippen molar-refractivity contribution in [2.24, 2.45) is 5.92 Å². The maximum atomic E-state index is 12.4. The topological polar surface area (TPSA) is 81.1 Å². The zero-order chi connectivity index (χ0) is 13.8. The zero-order valence-electron chi connectivity index (χ0n) is 11.1. The van der Waals surface area contributed by atoms with Gasteiger partial charge < -0.3 is 20.0 Å². The molecule has 2 fully saturated rings. The van der Waals surface area contributed by atoms with Crippen LogP contribution >= 0.6 is 0 Å². The van der Waals surface area contributed by atoms with E-state index in [0.717, 1.165) is 19.3 Å². The van der Waals surface area contributed by atoms with E-state index in [1.807, 2.05) is 0 Å². The van der Waals surface area contributed by atoms with E-state index in [4.69, 9.17) is 10.2 Å². The summed E-state index contributed by atoms with van der Waals surface area (Å²) in [6, 6.07) is -0.807. The van der Waals surface area contributed by atoms with E-state index in [1.54, 1.807) is 4.90 Å². The fourth-order valence-electron chi connectivity index (χ4n) is 3.09. The minimum Gasteiger partial charge on any atom is -0.480 e. The predicted octanol–water partition coefficient (Wildman–Crippen LogP) is 0.750. The molecule has 2 aliphatic heterocycles. The Balaban J connectivity index is 1.96. The third-order valence-electron chi connectivity index (χ3n) is 4.11. The Bertz CT molecular complexity index is 346. The summed E-state index contributed by atoms with van der Waals surface area (Å²) in [7, 11) is 0. The number of aliphatic carboxylic acids is 1. The van der Waals surface area contributed by atoms with Crippen LogP contribution in [0, 0.1) is 5.92 Å². The summed E-state index contributed by atoms with van der Waals surface area (Å²) in [6.45, 7) is 2.02. The summed E-state index contributed by atoms with van der Waals surface area (Å²) in [4.78, 5) is 26.8. The van der Waals surface area contributed by atoms with E-state index in [0.29, 0.717) is 38.4 Å². The minimum atomic E-state index is -0.908. The summed E-state index contributed by atoms with van der Waals surface area (Å²) in [6.07, 6.45) is 3.99. The van der Waals surface area contributed by atoms with Gasteiger partial charge in [0.25, 0.3) is 0 Å². The Morgan fingerprint density at radius 1 is 1.16 bits per heavy atom. The fourth-order valence-corrected chi connectivity index (χ4v) is 3.09. The highest BCUT2D eigenvalue weighted by Crippen LogP contribution is 2.24. The van der Waals surface area contributed by atoms with Gasteiger partial charge in [-0.25, -0.2) is 9.59 Å². The Labute approximate surface area is 113 Å². The molecule has 19 heavy (non-hydrogen) atoms. The third kappa shape index (κ3) is 3.18. The van der Waals surface area contributed by atoms with Crippen molar-refractivity contribution in [3.05, 3.63) is 0 Å². The molecule has 6 nitrogen and oxygen atoms in total. The molecule has 0 aromatic rings. The number of hydrogen-bond acceptors (Lipinski definition) is 3. The second-order valence-corrected chi connectivity index (χ2v) is 5.44. The van der Waals surface area contributed by atoms with E-state index in [9.17, 15) is 9.59 Å². The van der Waals surface area contributed by atoms with Crippen molar-refractivity contribution in [3.8, 4) is 0 Å². The van der Waals surface area contributed by atoms with Crippen molar-refractivity contribution in [2.75, 3.05) is 26.2 Å². The highest BCUT2D eigenvalue weighted by atomic mass is 16.4. The number of carboxylic acid groups (broad SMARTS) is 1. The van der Waals surface area contributed by atoms with E-state index < -0.39 is 12.0 Å². The van der Waals surface area contributed by atoms with Gasteiger partial charge in [-0.3, -0.25) is 0 Å². The first-order valence-corrected chi connectivity index (χ1v) is 7.02. The molecule has 2 rings (SSSR count). The molecule has 1 unspecified atom stereocenters. The van der Waals surface area contributed by atoms with E-state index in [1.165, 1.54) is 4.90 Å². The second-order valence-electron chi connectivity index (χ2n) is 5.44. The van der Waals surface area contributed by atoms with Gasteiger partial charge in [-0.1, -0.05) is 0 Å². The normalized spacial score (nSPS) is 27.6. The van der Waals surface area contributed by atoms with Crippen molar-refractivity contribution in [3.63, 3.8) is 0 Å². The number of carbonyl (C=O) groups is 2. The Morgan fingerprint density at radius 2 is 1.89 bits per heavy atom. The number of rotatable bonds is 3. The lowest BCUT2D eigenvalue weighted by Gasteiger charge is -2.36. The van der Waals surface area contributed by atoms with Gasteiger partial charge in [-0.15, -0.1) is 0 Å². The number of carboxylic acids is 1. The van der Waals surface area contributed by atoms with Crippen molar-refractivity contribution < 1.29 is 19.8 Å². The summed E-state index contributed by atoms with van der Waals surface area (Å²) in [5, 5.41) is 18.1. The lowest BCUT2D eigenvalue weighted by molar-refractivity contribution is -0.141. The number of likely N-dealkylation sites (tertiary alicyclic amines) is 2. The minimum absolute atomic E-state index is 0.146. The predicted molar refractivity (Wildman–Crippen MR) is 68.8 cm³/mol. The molecule has 2 aliphatic rings. The molecule has 0 aliphatic carbocycles. The monoisotopic (exact) mass is 270 g/mol. The smallest absolute Gasteiger partial charge is 0.326 e. The summed E-state index contributed by atoms with van der Waals surface area (Å²) >= 11 is 0. The number of carbonyl (C=O) groups excluding carboxylic acids is 1. The van der Waals surface area contributed by atoms with Crippen LogP contribution in [-0.2, 0) is 4.79 Å². The number of nitrogens with zero attached hydrogens (tertiary/aromatic N) is 2. The molecule has 2 N–H and O–H groups in total. The molecule has 2 saturated heterocycles. The Hall–Kier alpha value is -1.30. The van der Waals surface area contributed by atoms with E-state index in [-0.39, 0.29) is 12.6 Å². The van der Waals surface area contributed by atoms with Crippen LogP contribution in [0.15, 0.2) is 0 Å². The van der Waals surface area contributed by atoms with Gasteiger partial charge in [0.15, 0.2) is 0 Å².